The molecule has 4 atom stereocenters. The zero-order valence-corrected chi connectivity index (χ0v) is 24.2. The minimum Gasteiger partial charge on any atom is -1.00 e. The second-order valence-electron chi connectivity index (χ2n) is 10.5. The first-order valence-corrected chi connectivity index (χ1v) is 14.2. The van der Waals surface area contributed by atoms with Gasteiger partial charge in [-0.1, -0.05) is 30.3 Å². The molecule has 2 aliphatic rings. The second kappa shape index (κ2) is 11.4. The first-order valence-electron chi connectivity index (χ1n) is 12.5. The van der Waals surface area contributed by atoms with Crippen molar-refractivity contribution >= 4 is 34.6 Å². The number of thiophene rings is 2. The van der Waals surface area contributed by atoms with E-state index in [1.165, 1.54) is 22.7 Å². The van der Waals surface area contributed by atoms with Gasteiger partial charge in [-0.3, -0.25) is 4.79 Å². The summed E-state index contributed by atoms with van der Waals surface area (Å²) in [4.78, 5) is 27.1. The molecule has 2 unspecified atom stereocenters. The van der Waals surface area contributed by atoms with Gasteiger partial charge in [0.05, 0.1) is 43.0 Å². The van der Waals surface area contributed by atoms with E-state index in [0.717, 1.165) is 30.3 Å². The molecule has 1 amide bonds. The lowest BCUT2D eigenvalue weighted by atomic mass is 9.96. The van der Waals surface area contributed by atoms with Crippen molar-refractivity contribution in [3.63, 3.8) is 0 Å². The number of hydrogen-bond acceptors (Lipinski definition) is 6. The number of likely N-dealkylation sites (N-methyl/N-ethyl adjacent to an activating group) is 1. The number of nitrogens with one attached hydrogen (secondary N) is 1. The first-order chi connectivity index (χ1) is 17.3. The van der Waals surface area contributed by atoms with E-state index in [2.05, 4.69) is 19.4 Å². The van der Waals surface area contributed by atoms with Crippen LogP contribution in [0.5, 0.6) is 0 Å². The predicted octanol–water partition coefficient (Wildman–Crippen LogP) is 1.27. The van der Waals surface area contributed by atoms with E-state index in [4.69, 9.17) is 4.74 Å². The summed E-state index contributed by atoms with van der Waals surface area (Å²) in [6, 6.07) is 16.9. The molecule has 1 aromatic carbocycles. The lowest BCUT2D eigenvalue weighted by molar-refractivity contribution is -0.918. The Balaban J connectivity index is 0.00000320. The Labute approximate surface area is 236 Å². The van der Waals surface area contributed by atoms with E-state index in [1.807, 2.05) is 53.2 Å². The highest BCUT2D eigenvalue weighted by Gasteiger charge is 2.58. The molecule has 2 aromatic heterocycles. The zero-order valence-electron chi connectivity index (χ0n) is 21.0. The second-order valence-corrected chi connectivity index (χ2v) is 12.4. The molecular weight excluding hydrogens is 572 g/mol. The number of aliphatic hydroxyl groups is 1. The number of fused-ring (bicyclic) bond motifs is 2. The monoisotopic (exact) mass is 604 g/mol. The van der Waals surface area contributed by atoms with E-state index in [1.54, 1.807) is 12.1 Å². The van der Waals surface area contributed by atoms with Gasteiger partial charge in [-0.05, 0) is 54.3 Å². The van der Waals surface area contributed by atoms with Crippen LogP contribution in [0.25, 0.3) is 0 Å². The van der Waals surface area contributed by atoms with E-state index < -0.39 is 11.6 Å². The largest absolute Gasteiger partial charge is 1.00 e. The molecule has 2 aliphatic carbocycles. The highest BCUT2D eigenvalue weighted by atomic mass is 79.9. The summed E-state index contributed by atoms with van der Waals surface area (Å²) in [6.45, 7) is 1.38. The maximum absolute atomic E-state index is 13.5. The molecule has 6 nitrogen and oxygen atoms in total. The average Bonchev–Trinajstić information content (AvgIpc) is 3.68. The number of ether oxygens (including phenoxy) is 1. The van der Waals surface area contributed by atoms with Gasteiger partial charge in [-0.25, -0.2) is 4.79 Å². The van der Waals surface area contributed by atoms with Crippen molar-refractivity contribution in [2.75, 3.05) is 27.2 Å². The van der Waals surface area contributed by atoms with E-state index >= 15 is 0 Å². The highest BCUT2D eigenvalue weighted by molar-refractivity contribution is 7.12. The topological polar surface area (TPSA) is 75.6 Å². The summed E-state index contributed by atoms with van der Waals surface area (Å²) in [5.41, 5.74) is -1.11. The molecule has 2 heterocycles. The van der Waals surface area contributed by atoms with E-state index in [-0.39, 0.29) is 34.9 Å². The van der Waals surface area contributed by atoms with Crippen LogP contribution in [0, 0.1) is 11.8 Å². The van der Waals surface area contributed by atoms with Gasteiger partial charge in [0.1, 0.15) is 6.10 Å². The number of rotatable bonds is 9. The van der Waals surface area contributed by atoms with E-state index in [9.17, 15) is 14.7 Å². The fourth-order valence-corrected chi connectivity index (χ4v) is 7.99. The van der Waals surface area contributed by atoms with Gasteiger partial charge < -0.3 is 36.6 Å². The van der Waals surface area contributed by atoms with Gasteiger partial charge in [0.15, 0.2) is 0 Å². The molecule has 198 valence electrons. The van der Waals surface area contributed by atoms with Crippen LogP contribution in [0.15, 0.2) is 65.4 Å². The molecule has 2 N–H and O–H groups in total. The summed E-state index contributed by atoms with van der Waals surface area (Å²) in [5, 5.41) is 18.4. The molecule has 2 fully saturated rings. The third-order valence-electron chi connectivity index (χ3n) is 7.93. The van der Waals surface area contributed by atoms with Crippen LogP contribution in [-0.2, 0) is 15.1 Å². The Morgan fingerprint density at radius 2 is 1.68 bits per heavy atom. The lowest BCUT2D eigenvalue weighted by Gasteiger charge is -2.39. The number of quaternary nitrogens is 1. The van der Waals surface area contributed by atoms with Crippen molar-refractivity contribution in [1.82, 2.24) is 5.32 Å². The number of carbonyl (C=O) groups is 2. The maximum Gasteiger partial charge on any atom is 0.349 e. The Morgan fingerprint density at radius 1 is 1.03 bits per heavy atom. The average molecular weight is 606 g/mol. The zero-order chi connectivity index (χ0) is 25.3. The van der Waals surface area contributed by atoms with Crippen molar-refractivity contribution in [1.29, 1.82) is 0 Å². The molecule has 9 heteroatoms. The van der Waals surface area contributed by atoms with Crippen LogP contribution in [0.2, 0.25) is 0 Å². The summed E-state index contributed by atoms with van der Waals surface area (Å²) >= 11 is 2.72. The minimum absolute atomic E-state index is 0. The van der Waals surface area contributed by atoms with Crippen LogP contribution < -0.4 is 22.3 Å². The number of esters is 1. The lowest BCUT2D eigenvalue weighted by Crippen LogP contribution is -3.00. The minimum atomic E-state index is -1.77. The number of benzene rings is 1. The van der Waals surface area contributed by atoms with Gasteiger partial charge in [0.2, 0.25) is 5.60 Å². The standard InChI is InChI=1S/C28H32N2O4S2.BrH/c1-30(2,15-14-29-26(31)19-8-4-3-5-9-19)25-20-12-13-21(25)22(18-20)34-27(32)28(33,23-10-6-16-35-23)24-11-7-17-36-24;/h3-11,16-17,20-22,25,33H,12-15,18H2,1-2H3;1H/t20?,21-,22-,25?;/m1./s1. The van der Waals surface area contributed by atoms with Crippen molar-refractivity contribution in [2.45, 2.75) is 37.0 Å². The third-order valence-corrected chi connectivity index (χ3v) is 9.89. The van der Waals surface area contributed by atoms with Crippen molar-refractivity contribution in [2.24, 2.45) is 11.8 Å². The van der Waals surface area contributed by atoms with Crippen LogP contribution in [0.3, 0.4) is 0 Å². The highest BCUT2D eigenvalue weighted by Crippen LogP contribution is 2.51. The summed E-state index contributed by atoms with van der Waals surface area (Å²) in [6.07, 6.45) is 2.76. The molecule has 37 heavy (non-hydrogen) atoms. The SMILES string of the molecule is C[N+](C)(CCNC(=O)c1ccccc1)C1C2CC[C@@H]1[C@H](OC(=O)C(O)(c1cccs1)c1cccs1)C2.[Br-]. The molecule has 5 rings (SSSR count). The Morgan fingerprint density at radius 3 is 2.27 bits per heavy atom. The predicted molar refractivity (Wildman–Crippen MR) is 142 cm³/mol. The Kier molecular flexibility index (Phi) is 8.60. The van der Waals surface area contributed by atoms with Crippen molar-refractivity contribution in [3.8, 4) is 0 Å². The molecule has 0 spiro atoms. The molecule has 0 radical (unpaired) electrons. The van der Waals surface area contributed by atoms with Gasteiger partial charge in [-0.2, -0.15) is 0 Å². The maximum atomic E-state index is 13.5. The Hall–Kier alpha value is -2.04. The molecular formula is C28H33BrN2O4S2. The van der Waals surface area contributed by atoms with Crippen LogP contribution in [0.1, 0.15) is 39.4 Å². The van der Waals surface area contributed by atoms with Gasteiger partial charge >= 0.3 is 5.97 Å². The smallest absolute Gasteiger partial charge is 0.349 e. The number of halogens is 1. The van der Waals surface area contributed by atoms with Crippen molar-refractivity contribution < 1.29 is 40.9 Å². The molecule has 2 bridgehead atoms. The van der Waals surface area contributed by atoms with Gasteiger partial charge in [0.25, 0.3) is 5.91 Å². The molecule has 0 aliphatic heterocycles. The quantitative estimate of drug-likeness (QED) is 0.285. The van der Waals surface area contributed by atoms with Gasteiger partial charge in [-0.15, -0.1) is 22.7 Å². The fraction of sp³-hybridized carbons (Fsp3) is 0.429. The summed E-state index contributed by atoms with van der Waals surface area (Å²) in [5.74, 6) is 0.0706. The van der Waals surface area contributed by atoms with Crippen LogP contribution in [-0.4, -0.2) is 60.8 Å². The number of carbonyl (C=O) groups excluding carboxylic acids is 2. The molecule has 0 saturated heterocycles. The first kappa shape index (κ1) is 28.0. The normalized spacial score (nSPS) is 22.9. The summed E-state index contributed by atoms with van der Waals surface area (Å²) < 4.78 is 6.89. The van der Waals surface area contributed by atoms with Crippen molar-refractivity contribution in [3.05, 3.63) is 80.7 Å². The fourth-order valence-electron chi connectivity index (χ4n) is 6.27. The van der Waals surface area contributed by atoms with Gasteiger partial charge in [0, 0.05) is 17.4 Å². The number of hydrogen-bond donors (Lipinski definition) is 2. The Bertz CT molecular complexity index is 1150. The van der Waals surface area contributed by atoms with Crippen LogP contribution in [0.4, 0.5) is 0 Å². The van der Waals surface area contributed by atoms with E-state index in [0.29, 0.717) is 33.8 Å². The number of nitrogens with zero attached hydrogens (tertiary/aromatic N) is 1. The third kappa shape index (κ3) is 5.43. The van der Waals surface area contributed by atoms with Crippen LogP contribution >= 0.6 is 22.7 Å². The summed E-state index contributed by atoms with van der Waals surface area (Å²) in [7, 11) is 4.42. The molecule has 2 saturated carbocycles. The number of amides is 1. The molecule has 3 aromatic rings.